The average molecular weight is 669 g/mol. The highest BCUT2D eigenvalue weighted by Gasteiger charge is 2.05. The third-order valence-corrected chi connectivity index (χ3v) is 5.57. The summed E-state index contributed by atoms with van der Waals surface area (Å²) in [7, 11) is 0. The van der Waals surface area contributed by atoms with Crippen molar-refractivity contribution in [1.29, 1.82) is 0 Å². The van der Waals surface area contributed by atoms with Crippen LogP contribution in [0.5, 0.6) is 0 Å². The van der Waals surface area contributed by atoms with Crippen molar-refractivity contribution in [3.63, 3.8) is 0 Å². The van der Waals surface area contributed by atoms with Gasteiger partial charge in [-0.05, 0) is 12.1 Å². The number of carbonyl (C=O) groups excluding carboxylic acids is 1. The Kier molecular flexibility index (Phi) is 32.7. The van der Waals surface area contributed by atoms with Crippen LogP contribution in [0.15, 0.2) is 30.3 Å². The van der Waals surface area contributed by atoms with Gasteiger partial charge in [0, 0.05) is 5.88 Å². The first kappa shape index (κ1) is 41.6. The molecule has 14 heteroatoms. The van der Waals surface area contributed by atoms with Gasteiger partial charge in [0.25, 0.3) is 0 Å². The fourth-order valence-electron chi connectivity index (χ4n) is 3.21. The summed E-state index contributed by atoms with van der Waals surface area (Å²) in [4.78, 5) is 11.8. The van der Waals surface area contributed by atoms with Crippen molar-refractivity contribution in [2.75, 3.05) is 158 Å². The molecule has 0 N–H and O–H groups in total. The first-order valence-electron chi connectivity index (χ1n) is 15.5. The lowest BCUT2D eigenvalue weighted by atomic mass is 10.2. The van der Waals surface area contributed by atoms with Crippen LogP contribution < -0.4 is 0 Å². The minimum absolute atomic E-state index is 0.201. The monoisotopic (exact) mass is 668 g/mol. The van der Waals surface area contributed by atoms with Crippen LogP contribution in [0.1, 0.15) is 10.4 Å². The molecule has 0 fully saturated rings. The van der Waals surface area contributed by atoms with Crippen LogP contribution in [0.4, 0.5) is 0 Å². The number of alkyl halides is 1. The van der Waals surface area contributed by atoms with Crippen molar-refractivity contribution in [3.05, 3.63) is 35.9 Å². The largest absolute Gasteiger partial charge is 0.460 e. The second-order valence-corrected chi connectivity index (χ2v) is 9.30. The zero-order chi connectivity index (χ0) is 32.1. The summed E-state index contributed by atoms with van der Waals surface area (Å²) in [5.74, 6) is 0.137. The minimum atomic E-state index is -0.357. The highest BCUT2D eigenvalue weighted by molar-refractivity contribution is 6.17. The maximum absolute atomic E-state index is 11.8. The highest BCUT2D eigenvalue weighted by Crippen LogP contribution is 2.00. The molecular weight excluding hydrogens is 616 g/mol. The van der Waals surface area contributed by atoms with Crippen LogP contribution >= 0.6 is 11.6 Å². The molecule has 0 saturated heterocycles. The molecule has 0 unspecified atom stereocenters. The van der Waals surface area contributed by atoms with E-state index < -0.39 is 0 Å². The van der Waals surface area contributed by atoms with E-state index in [4.69, 9.17) is 68.4 Å². The summed E-state index contributed by atoms with van der Waals surface area (Å²) < 4.78 is 64.7. The first-order valence-corrected chi connectivity index (χ1v) is 16.0. The minimum Gasteiger partial charge on any atom is -0.460 e. The van der Waals surface area contributed by atoms with Crippen molar-refractivity contribution in [2.24, 2.45) is 0 Å². The lowest BCUT2D eigenvalue weighted by Crippen LogP contribution is -2.15. The number of hydrogen-bond acceptors (Lipinski definition) is 13. The van der Waals surface area contributed by atoms with Crippen molar-refractivity contribution in [1.82, 2.24) is 0 Å². The van der Waals surface area contributed by atoms with E-state index in [9.17, 15) is 4.79 Å². The molecule has 0 aromatic heterocycles. The van der Waals surface area contributed by atoms with Crippen LogP contribution in [-0.2, 0) is 56.8 Å². The van der Waals surface area contributed by atoms with Crippen molar-refractivity contribution < 1.29 is 61.6 Å². The SMILES string of the molecule is O=C(OCCOCCOCCOCCOCCOCCOCCOCCOCCOCCOCCOCCCl)c1ccccc1. The molecular formula is C31H53ClO13. The van der Waals surface area contributed by atoms with Gasteiger partial charge in [0.1, 0.15) is 6.61 Å². The molecule has 0 bridgehead atoms. The van der Waals surface area contributed by atoms with Crippen molar-refractivity contribution in [3.8, 4) is 0 Å². The van der Waals surface area contributed by atoms with Gasteiger partial charge < -0.3 is 56.8 Å². The first-order chi connectivity index (χ1) is 22.3. The number of carbonyl (C=O) groups is 1. The van der Waals surface area contributed by atoms with E-state index in [1.54, 1.807) is 24.3 Å². The Hall–Kier alpha value is -1.46. The topological polar surface area (TPSA) is 128 Å². The molecule has 0 spiro atoms. The highest BCUT2D eigenvalue weighted by atomic mass is 35.5. The summed E-state index contributed by atoms with van der Waals surface area (Å²) in [5, 5.41) is 0. The lowest BCUT2D eigenvalue weighted by Gasteiger charge is -2.09. The Balaban J connectivity index is 1.63. The van der Waals surface area contributed by atoms with E-state index in [1.165, 1.54) is 0 Å². The molecule has 262 valence electrons. The summed E-state index contributed by atoms with van der Waals surface area (Å²) in [6.45, 7) is 11.0. The Morgan fingerprint density at radius 2 is 0.622 bits per heavy atom. The molecule has 1 aromatic rings. The van der Waals surface area contributed by atoms with E-state index in [2.05, 4.69) is 0 Å². The number of ether oxygens (including phenoxy) is 12. The van der Waals surface area contributed by atoms with Gasteiger partial charge in [-0.15, -0.1) is 11.6 Å². The smallest absolute Gasteiger partial charge is 0.338 e. The summed E-state index contributed by atoms with van der Waals surface area (Å²) in [6, 6.07) is 8.85. The fourth-order valence-corrected chi connectivity index (χ4v) is 3.32. The molecule has 0 saturated carbocycles. The Morgan fingerprint density at radius 1 is 0.378 bits per heavy atom. The van der Waals surface area contributed by atoms with Crippen molar-refractivity contribution >= 4 is 17.6 Å². The Labute approximate surface area is 272 Å². The maximum atomic E-state index is 11.8. The number of hydrogen-bond donors (Lipinski definition) is 0. The van der Waals surface area contributed by atoms with Gasteiger partial charge in [-0.2, -0.15) is 0 Å². The fraction of sp³-hybridized carbons (Fsp3) is 0.774. The molecule has 0 aliphatic heterocycles. The predicted octanol–water partition coefficient (Wildman–Crippen LogP) is 2.26. The molecule has 1 aromatic carbocycles. The van der Waals surface area contributed by atoms with Gasteiger partial charge >= 0.3 is 5.97 Å². The second kappa shape index (κ2) is 35.4. The zero-order valence-corrected chi connectivity index (χ0v) is 27.3. The van der Waals surface area contributed by atoms with Crippen molar-refractivity contribution in [2.45, 2.75) is 0 Å². The number of esters is 1. The molecule has 1 rings (SSSR count). The standard InChI is InChI=1S/C31H53ClO13/c32-6-7-34-8-9-35-10-11-36-12-13-37-14-15-38-16-17-39-18-19-40-20-21-41-22-23-42-24-25-43-26-27-44-28-29-45-31(33)30-4-2-1-3-5-30/h1-5H,6-29H2. The lowest BCUT2D eigenvalue weighted by molar-refractivity contribution is -0.0279. The van der Waals surface area contributed by atoms with Crippen LogP contribution in [0.2, 0.25) is 0 Å². The van der Waals surface area contributed by atoms with E-state index in [0.717, 1.165) is 0 Å². The number of halogens is 1. The van der Waals surface area contributed by atoms with E-state index >= 15 is 0 Å². The number of benzene rings is 1. The molecule has 45 heavy (non-hydrogen) atoms. The van der Waals surface area contributed by atoms with Gasteiger partial charge in [-0.3, -0.25) is 0 Å². The third kappa shape index (κ3) is 30.9. The van der Waals surface area contributed by atoms with Gasteiger partial charge in [0.05, 0.1) is 151 Å². The van der Waals surface area contributed by atoms with E-state index in [0.29, 0.717) is 157 Å². The van der Waals surface area contributed by atoms with Crippen LogP contribution in [0, 0.1) is 0 Å². The maximum Gasteiger partial charge on any atom is 0.338 e. The average Bonchev–Trinajstić information content (AvgIpc) is 3.06. The quantitative estimate of drug-likeness (QED) is 0.0590. The van der Waals surface area contributed by atoms with E-state index in [1.807, 2.05) is 6.07 Å². The van der Waals surface area contributed by atoms with E-state index in [-0.39, 0.29) is 12.6 Å². The molecule has 0 aliphatic rings. The van der Waals surface area contributed by atoms with Gasteiger partial charge in [-0.1, -0.05) is 18.2 Å². The summed E-state index contributed by atoms with van der Waals surface area (Å²) in [5.41, 5.74) is 0.525. The normalized spacial score (nSPS) is 11.3. The summed E-state index contributed by atoms with van der Waals surface area (Å²) >= 11 is 5.51. The Bertz CT molecular complexity index is 733. The zero-order valence-electron chi connectivity index (χ0n) is 26.5. The van der Waals surface area contributed by atoms with Gasteiger partial charge in [0.15, 0.2) is 0 Å². The van der Waals surface area contributed by atoms with Crippen LogP contribution in [-0.4, -0.2) is 164 Å². The molecule has 0 atom stereocenters. The third-order valence-electron chi connectivity index (χ3n) is 5.41. The van der Waals surface area contributed by atoms with Crippen LogP contribution in [0.25, 0.3) is 0 Å². The summed E-state index contributed by atoms with van der Waals surface area (Å²) in [6.07, 6.45) is 0. The molecule has 0 heterocycles. The predicted molar refractivity (Wildman–Crippen MR) is 166 cm³/mol. The van der Waals surface area contributed by atoms with Gasteiger partial charge in [-0.25, -0.2) is 4.79 Å². The van der Waals surface area contributed by atoms with Gasteiger partial charge in [0.2, 0.25) is 0 Å². The Morgan fingerprint density at radius 3 is 0.889 bits per heavy atom. The second-order valence-electron chi connectivity index (χ2n) is 8.93. The molecule has 0 amide bonds. The van der Waals surface area contributed by atoms with Crippen LogP contribution in [0.3, 0.4) is 0 Å². The molecule has 0 radical (unpaired) electrons. The molecule has 0 aliphatic carbocycles. The molecule has 13 nitrogen and oxygen atoms in total. The number of rotatable bonds is 36.